The van der Waals surface area contributed by atoms with E-state index in [1.165, 1.54) is 12.1 Å². The maximum Gasteiger partial charge on any atom is 0.266 e. The summed E-state index contributed by atoms with van der Waals surface area (Å²) in [6.45, 7) is 2.23. The molecular formula is C21H23F4N3O2. The molecule has 5 nitrogen and oxygen atoms in total. The van der Waals surface area contributed by atoms with Crippen molar-refractivity contribution in [3.05, 3.63) is 52.2 Å². The van der Waals surface area contributed by atoms with Gasteiger partial charge in [0.2, 0.25) is 0 Å². The van der Waals surface area contributed by atoms with Crippen molar-refractivity contribution in [1.29, 1.82) is 0 Å². The lowest BCUT2D eigenvalue weighted by Crippen LogP contribution is -2.22. The fraction of sp³-hybridized carbons (Fsp3) is 0.524. The largest absolute Gasteiger partial charge is 0.365 e. The predicted octanol–water partition coefficient (Wildman–Crippen LogP) is 5.33. The molecule has 0 radical (unpaired) electrons. The molecule has 1 aliphatic carbocycles. The van der Waals surface area contributed by atoms with Gasteiger partial charge < -0.3 is 14.8 Å². The molecule has 30 heavy (non-hydrogen) atoms. The van der Waals surface area contributed by atoms with Gasteiger partial charge in [0.25, 0.3) is 6.43 Å². The van der Waals surface area contributed by atoms with Crippen LogP contribution in [-0.2, 0) is 16.0 Å². The standard InChI is InChI=1S/C21H23F4N3O2/c1-11-27-18(17(23)12-4-2-5-12)15(21-29-8-9-30-21)20(28-11)26-10-13-6-3-7-14(16(13)22)19(24)25/h3,6-7,12,17,19,21H,2,4-5,8-10H2,1H3,(H,26,27,28). The van der Waals surface area contributed by atoms with E-state index in [1.807, 2.05) is 0 Å². The lowest BCUT2D eigenvalue weighted by Gasteiger charge is -2.30. The van der Waals surface area contributed by atoms with Crippen molar-refractivity contribution >= 4 is 5.82 Å². The molecule has 1 atom stereocenters. The van der Waals surface area contributed by atoms with Crippen LogP contribution in [0.1, 0.15) is 66.4 Å². The minimum absolute atomic E-state index is 0.0561. The molecule has 1 saturated heterocycles. The van der Waals surface area contributed by atoms with Gasteiger partial charge in [-0.3, -0.25) is 0 Å². The fourth-order valence-electron chi connectivity index (χ4n) is 3.74. The van der Waals surface area contributed by atoms with Gasteiger partial charge in [0, 0.05) is 12.1 Å². The Balaban J connectivity index is 1.67. The first kappa shape index (κ1) is 21.0. The Morgan fingerprint density at radius 2 is 1.87 bits per heavy atom. The number of nitrogens with one attached hydrogen (secondary N) is 1. The third kappa shape index (κ3) is 4.13. The Morgan fingerprint density at radius 3 is 2.50 bits per heavy atom. The van der Waals surface area contributed by atoms with Gasteiger partial charge in [-0.15, -0.1) is 0 Å². The molecule has 162 valence electrons. The molecule has 4 rings (SSSR count). The van der Waals surface area contributed by atoms with Crippen LogP contribution >= 0.6 is 0 Å². The number of ether oxygens (including phenoxy) is 2. The van der Waals surface area contributed by atoms with Crippen LogP contribution in [0.4, 0.5) is 23.4 Å². The van der Waals surface area contributed by atoms with Crippen LogP contribution in [0.5, 0.6) is 0 Å². The number of aryl methyl sites for hydroxylation is 1. The van der Waals surface area contributed by atoms with Gasteiger partial charge in [0.1, 0.15) is 23.6 Å². The van der Waals surface area contributed by atoms with Crippen LogP contribution in [0.3, 0.4) is 0 Å². The van der Waals surface area contributed by atoms with Crippen molar-refractivity contribution < 1.29 is 27.0 Å². The van der Waals surface area contributed by atoms with Crippen molar-refractivity contribution in [2.24, 2.45) is 5.92 Å². The third-order valence-electron chi connectivity index (χ3n) is 5.56. The van der Waals surface area contributed by atoms with E-state index in [-0.39, 0.29) is 29.5 Å². The van der Waals surface area contributed by atoms with Crippen molar-refractivity contribution in [3.8, 4) is 0 Å². The number of halogens is 4. The van der Waals surface area contributed by atoms with Crippen molar-refractivity contribution in [1.82, 2.24) is 9.97 Å². The minimum atomic E-state index is -2.91. The summed E-state index contributed by atoms with van der Waals surface area (Å²) < 4.78 is 66.8. The lowest BCUT2D eigenvalue weighted by atomic mass is 9.80. The molecule has 2 fully saturated rings. The Morgan fingerprint density at radius 1 is 1.13 bits per heavy atom. The summed E-state index contributed by atoms with van der Waals surface area (Å²) in [5.41, 5.74) is -0.0442. The molecule has 1 unspecified atom stereocenters. The molecule has 0 bridgehead atoms. The number of rotatable bonds is 7. The predicted molar refractivity (Wildman–Crippen MR) is 101 cm³/mol. The van der Waals surface area contributed by atoms with Crippen LogP contribution in [0.2, 0.25) is 0 Å². The Hall–Kier alpha value is -2.26. The summed E-state index contributed by atoms with van der Waals surface area (Å²) in [7, 11) is 0. The maximum atomic E-state index is 15.3. The van der Waals surface area contributed by atoms with E-state index in [1.54, 1.807) is 6.92 Å². The second-order valence-electron chi connectivity index (χ2n) is 7.56. The van der Waals surface area contributed by atoms with E-state index in [4.69, 9.17) is 9.47 Å². The molecule has 2 heterocycles. The summed E-state index contributed by atoms with van der Waals surface area (Å²) in [4.78, 5) is 8.68. The smallest absolute Gasteiger partial charge is 0.266 e. The molecule has 1 aliphatic heterocycles. The molecule has 2 aliphatic rings. The van der Waals surface area contributed by atoms with Crippen molar-refractivity contribution in [2.75, 3.05) is 18.5 Å². The normalized spacial score (nSPS) is 18.6. The quantitative estimate of drug-likeness (QED) is 0.608. The number of nitrogens with zero attached hydrogens (tertiary/aromatic N) is 2. The van der Waals surface area contributed by atoms with Gasteiger partial charge in [-0.1, -0.05) is 24.6 Å². The van der Waals surface area contributed by atoms with Gasteiger partial charge >= 0.3 is 0 Å². The maximum absolute atomic E-state index is 15.3. The van der Waals surface area contributed by atoms with E-state index in [9.17, 15) is 13.2 Å². The molecule has 1 aromatic heterocycles. The van der Waals surface area contributed by atoms with Gasteiger partial charge in [-0.25, -0.2) is 27.5 Å². The van der Waals surface area contributed by atoms with E-state index >= 15 is 4.39 Å². The first-order chi connectivity index (χ1) is 14.5. The Bertz CT molecular complexity index is 902. The van der Waals surface area contributed by atoms with Gasteiger partial charge in [0.05, 0.1) is 30.0 Å². The summed E-state index contributed by atoms with van der Waals surface area (Å²) in [6.07, 6.45) is -2.49. The minimum Gasteiger partial charge on any atom is -0.365 e. The number of benzene rings is 1. The highest BCUT2D eigenvalue weighted by Gasteiger charge is 2.36. The second-order valence-corrected chi connectivity index (χ2v) is 7.56. The topological polar surface area (TPSA) is 56.3 Å². The third-order valence-corrected chi connectivity index (χ3v) is 5.56. The van der Waals surface area contributed by atoms with Crippen LogP contribution in [0, 0.1) is 18.7 Å². The molecule has 1 aromatic carbocycles. The van der Waals surface area contributed by atoms with Gasteiger partial charge in [-0.05, 0) is 25.7 Å². The Labute approximate surface area is 171 Å². The summed E-state index contributed by atoms with van der Waals surface area (Å²) in [5.74, 6) is -0.488. The van der Waals surface area contributed by atoms with Gasteiger partial charge in [0.15, 0.2) is 6.29 Å². The van der Waals surface area contributed by atoms with Crippen LogP contribution in [0.25, 0.3) is 0 Å². The van der Waals surface area contributed by atoms with Crippen molar-refractivity contribution in [2.45, 2.75) is 51.6 Å². The van der Waals surface area contributed by atoms with Gasteiger partial charge in [-0.2, -0.15) is 0 Å². The molecule has 9 heteroatoms. The number of hydrogen-bond donors (Lipinski definition) is 1. The monoisotopic (exact) mass is 425 g/mol. The number of hydrogen-bond acceptors (Lipinski definition) is 5. The molecular weight excluding hydrogens is 402 g/mol. The molecule has 1 saturated carbocycles. The average molecular weight is 425 g/mol. The molecule has 0 amide bonds. The lowest BCUT2D eigenvalue weighted by molar-refractivity contribution is -0.0461. The second kappa shape index (κ2) is 8.85. The first-order valence-electron chi connectivity index (χ1n) is 10.0. The number of alkyl halides is 3. The highest BCUT2D eigenvalue weighted by molar-refractivity contribution is 5.49. The van der Waals surface area contributed by atoms with Crippen LogP contribution < -0.4 is 5.32 Å². The van der Waals surface area contributed by atoms with Crippen molar-refractivity contribution in [3.63, 3.8) is 0 Å². The van der Waals surface area contributed by atoms with E-state index in [2.05, 4.69) is 15.3 Å². The zero-order valence-electron chi connectivity index (χ0n) is 16.5. The SMILES string of the molecule is Cc1nc(NCc2cccc(C(F)F)c2F)c(C2OCCO2)c(C(F)C2CCC2)n1. The summed E-state index contributed by atoms with van der Waals surface area (Å²) in [6, 6.07) is 3.84. The van der Waals surface area contributed by atoms with E-state index in [0.717, 1.165) is 25.3 Å². The summed E-state index contributed by atoms with van der Waals surface area (Å²) in [5, 5.41) is 2.96. The number of aromatic nitrogens is 2. The fourth-order valence-corrected chi connectivity index (χ4v) is 3.74. The highest BCUT2D eigenvalue weighted by atomic mass is 19.3. The van der Waals surface area contributed by atoms with Crippen LogP contribution in [0.15, 0.2) is 18.2 Å². The molecule has 1 N–H and O–H groups in total. The van der Waals surface area contributed by atoms with E-state index in [0.29, 0.717) is 24.6 Å². The zero-order valence-corrected chi connectivity index (χ0v) is 16.5. The number of anilines is 1. The summed E-state index contributed by atoms with van der Waals surface area (Å²) >= 11 is 0. The highest BCUT2D eigenvalue weighted by Crippen LogP contribution is 2.44. The van der Waals surface area contributed by atoms with E-state index < -0.39 is 30.3 Å². The average Bonchev–Trinajstić information content (AvgIpc) is 3.19. The Kier molecular flexibility index (Phi) is 6.19. The molecule has 2 aromatic rings. The molecule has 0 spiro atoms. The van der Waals surface area contributed by atoms with Crippen LogP contribution in [-0.4, -0.2) is 23.2 Å². The zero-order chi connectivity index (χ0) is 21.3. The first-order valence-corrected chi connectivity index (χ1v) is 10.0.